The quantitative estimate of drug-likeness (QED) is 0.907. The van der Waals surface area contributed by atoms with E-state index in [0.29, 0.717) is 12.6 Å². The third-order valence-electron chi connectivity index (χ3n) is 6.48. The summed E-state index contributed by atoms with van der Waals surface area (Å²) >= 11 is 0. The number of hydrogen-bond acceptors (Lipinski definition) is 3. The van der Waals surface area contributed by atoms with Crippen molar-refractivity contribution in [2.45, 2.75) is 50.5 Å². The number of nitrogens with one attached hydrogen (secondary N) is 1. The Kier molecular flexibility index (Phi) is 3.92. The first kappa shape index (κ1) is 16.1. The van der Waals surface area contributed by atoms with Gasteiger partial charge >= 0.3 is 0 Å². The van der Waals surface area contributed by atoms with E-state index in [9.17, 15) is 4.79 Å². The van der Waals surface area contributed by atoms with Crippen LogP contribution in [0.5, 0.6) is 0 Å². The van der Waals surface area contributed by atoms with E-state index in [1.807, 2.05) is 0 Å². The fourth-order valence-corrected chi connectivity index (χ4v) is 4.55. The Morgan fingerprint density at radius 2 is 1.88 bits per heavy atom. The fraction of sp³-hybridized carbons (Fsp3) is 0.650. The van der Waals surface area contributed by atoms with Gasteiger partial charge in [-0.15, -0.1) is 0 Å². The standard InChI is InChI=1S/C20H28N2O2/c1-15-3-5-17(6-4-15)19(2)7-9-22(10-8-19)18(23)16-11-20(12-16)13-24-14-21-20/h3-6,16,21H,7-14H2,1-2H3. The van der Waals surface area contributed by atoms with Crippen molar-refractivity contribution in [1.29, 1.82) is 0 Å². The maximum Gasteiger partial charge on any atom is 0.225 e. The van der Waals surface area contributed by atoms with Crippen LogP contribution in [0.25, 0.3) is 0 Å². The van der Waals surface area contributed by atoms with Gasteiger partial charge in [-0.2, -0.15) is 0 Å². The van der Waals surface area contributed by atoms with Gasteiger partial charge < -0.3 is 9.64 Å². The van der Waals surface area contributed by atoms with E-state index in [1.165, 1.54) is 11.1 Å². The Morgan fingerprint density at radius 3 is 2.46 bits per heavy atom. The average molecular weight is 328 g/mol. The maximum absolute atomic E-state index is 12.8. The highest BCUT2D eigenvalue weighted by atomic mass is 16.5. The number of carbonyl (C=O) groups is 1. The zero-order valence-corrected chi connectivity index (χ0v) is 14.8. The largest absolute Gasteiger partial charge is 0.364 e. The van der Waals surface area contributed by atoms with Crippen molar-refractivity contribution in [2.24, 2.45) is 5.92 Å². The lowest BCUT2D eigenvalue weighted by Crippen LogP contribution is -2.58. The minimum absolute atomic E-state index is 0.104. The number of benzene rings is 1. The number of ether oxygens (including phenoxy) is 1. The van der Waals surface area contributed by atoms with Crippen LogP contribution in [0.1, 0.15) is 43.7 Å². The van der Waals surface area contributed by atoms with Gasteiger partial charge in [-0.05, 0) is 43.6 Å². The topological polar surface area (TPSA) is 41.6 Å². The molecule has 2 heterocycles. The molecular weight excluding hydrogens is 300 g/mol. The van der Waals surface area contributed by atoms with Gasteiger partial charge in [0.05, 0.1) is 13.3 Å². The summed E-state index contributed by atoms with van der Waals surface area (Å²) in [5.41, 5.74) is 3.02. The molecule has 130 valence electrons. The average Bonchev–Trinajstić information content (AvgIpc) is 3.04. The van der Waals surface area contributed by atoms with Crippen molar-refractivity contribution < 1.29 is 9.53 Å². The Balaban J connectivity index is 1.34. The lowest BCUT2D eigenvalue weighted by molar-refractivity contribution is -0.142. The minimum atomic E-state index is 0.104. The Morgan fingerprint density at radius 1 is 1.21 bits per heavy atom. The highest BCUT2D eigenvalue weighted by molar-refractivity contribution is 5.80. The van der Waals surface area contributed by atoms with Gasteiger partial charge in [-0.3, -0.25) is 10.1 Å². The first-order valence-electron chi connectivity index (χ1n) is 9.19. The van der Waals surface area contributed by atoms with E-state index in [4.69, 9.17) is 4.74 Å². The molecule has 3 aliphatic rings. The summed E-state index contributed by atoms with van der Waals surface area (Å²) in [6, 6.07) is 8.91. The molecule has 3 fully saturated rings. The first-order chi connectivity index (χ1) is 11.5. The summed E-state index contributed by atoms with van der Waals surface area (Å²) in [6.45, 7) is 7.65. The van der Waals surface area contributed by atoms with Crippen molar-refractivity contribution in [2.75, 3.05) is 26.4 Å². The van der Waals surface area contributed by atoms with E-state index < -0.39 is 0 Å². The molecular formula is C20H28N2O2. The molecule has 4 rings (SSSR count). The number of aryl methyl sites for hydroxylation is 1. The molecule has 0 unspecified atom stereocenters. The number of amides is 1. The molecule has 4 heteroatoms. The normalized spacial score (nSPS) is 31.9. The van der Waals surface area contributed by atoms with Gasteiger partial charge in [0, 0.05) is 24.5 Å². The van der Waals surface area contributed by atoms with Gasteiger partial charge in [0.15, 0.2) is 0 Å². The molecule has 1 spiro atoms. The minimum Gasteiger partial charge on any atom is -0.364 e. The number of piperidine rings is 1. The van der Waals surface area contributed by atoms with Crippen LogP contribution in [-0.4, -0.2) is 42.8 Å². The third-order valence-corrected chi connectivity index (χ3v) is 6.48. The second-order valence-electron chi connectivity index (χ2n) is 8.31. The van der Waals surface area contributed by atoms with Crippen molar-refractivity contribution >= 4 is 5.91 Å². The third kappa shape index (κ3) is 2.76. The van der Waals surface area contributed by atoms with E-state index in [-0.39, 0.29) is 16.9 Å². The van der Waals surface area contributed by atoms with Crippen LogP contribution in [0.2, 0.25) is 0 Å². The lowest BCUT2D eigenvalue weighted by atomic mass is 9.68. The molecule has 24 heavy (non-hydrogen) atoms. The maximum atomic E-state index is 12.8. The lowest BCUT2D eigenvalue weighted by Gasteiger charge is -2.47. The van der Waals surface area contributed by atoms with Crippen molar-refractivity contribution in [1.82, 2.24) is 10.2 Å². The predicted molar refractivity (Wildman–Crippen MR) is 93.8 cm³/mol. The molecule has 1 aliphatic carbocycles. The van der Waals surface area contributed by atoms with Gasteiger partial charge in [0.1, 0.15) is 0 Å². The molecule has 0 radical (unpaired) electrons. The van der Waals surface area contributed by atoms with Crippen LogP contribution in [0.3, 0.4) is 0 Å². The summed E-state index contributed by atoms with van der Waals surface area (Å²) < 4.78 is 5.42. The van der Waals surface area contributed by atoms with Gasteiger partial charge in [0.2, 0.25) is 5.91 Å². The van der Waals surface area contributed by atoms with Crippen molar-refractivity contribution in [3.8, 4) is 0 Å². The second kappa shape index (κ2) is 5.85. The van der Waals surface area contributed by atoms with Gasteiger partial charge in [-0.25, -0.2) is 0 Å². The molecule has 1 amide bonds. The number of hydrogen-bond donors (Lipinski definition) is 1. The summed E-state index contributed by atoms with van der Waals surface area (Å²) in [5, 5.41) is 3.40. The van der Waals surface area contributed by atoms with Gasteiger partial charge in [-0.1, -0.05) is 36.8 Å². The molecule has 2 saturated heterocycles. The molecule has 4 nitrogen and oxygen atoms in total. The second-order valence-corrected chi connectivity index (χ2v) is 8.31. The summed E-state index contributed by atoms with van der Waals surface area (Å²) in [6.07, 6.45) is 4.00. The smallest absolute Gasteiger partial charge is 0.225 e. The highest BCUT2D eigenvalue weighted by Crippen LogP contribution is 2.42. The first-order valence-corrected chi connectivity index (χ1v) is 9.19. The summed E-state index contributed by atoms with van der Waals surface area (Å²) in [7, 11) is 0. The van der Waals surface area contributed by atoms with Crippen LogP contribution in [0.4, 0.5) is 0 Å². The van der Waals surface area contributed by atoms with Crippen LogP contribution in [-0.2, 0) is 14.9 Å². The van der Waals surface area contributed by atoms with E-state index >= 15 is 0 Å². The Hall–Kier alpha value is -1.39. The summed E-state index contributed by atoms with van der Waals surface area (Å²) in [5.74, 6) is 0.559. The fourth-order valence-electron chi connectivity index (χ4n) is 4.55. The molecule has 0 atom stereocenters. The van der Waals surface area contributed by atoms with Crippen LogP contribution >= 0.6 is 0 Å². The highest BCUT2D eigenvalue weighted by Gasteiger charge is 2.50. The number of likely N-dealkylation sites (tertiary alicyclic amines) is 1. The van der Waals surface area contributed by atoms with E-state index in [2.05, 4.69) is 48.3 Å². The van der Waals surface area contributed by atoms with Crippen LogP contribution in [0.15, 0.2) is 24.3 Å². The zero-order valence-electron chi connectivity index (χ0n) is 14.8. The van der Waals surface area contributed by atoms with E-state index in [1.54, 1.807) is 0 Å². The Labute approximate surface area is 144 Å². The molecule has 1 aromatic carbocycles. The molecule has 0 aromatic heterocycles. The number of rotatable bonds is 2. The predicted octanol–water partition coefficient (Wildman–Crippen LogP) is 2.60. The van der Waals surface area contributed by atoms with Gasteiger partial charge in [0.25, 0.3) is 0 Å². The molecule has 1 saturated carbocycles. The number of carbonyl (C=O) groups excluding carboxylic acids is 1. The van der Waals surface area contributed by atoms with Crippen molar-refractivity contribution in [3.05, 3.63) is 35.4 Å². The molecule has 1 N–H and O–H groups in total. The molecule has 0 bridgehead atoms. The molecule has 2 aliphatic heterocycles. The van der Waals surface area contributed by atoms with Crippen LogP contribution < -0.4 is 5.32 Å². The monoisotopic (exact) mass is 328 g/mol. The molecule has 1 aromatic rings. The van der Waals surface area contributed by atoms with Crippen molar-refractivity contribution in [3.63, 3.8) is 0 Å². The van der Waals surface area contributed by atoms with E-state index in [0.717, 1.165) is 45.4 Å². The van der Waals surface area contributed by atoms with Crippen LogP contribution in [0, 0.1) is 12.8 Å². The zero-order chi connectivity index (χ0) is 16.8. The SMILES string of the molecule is Cc1ccc(C2(C)CCN(C(=O)C3CC4(COCN4)C3)CC2)cc1. The Bertz CT molecular complexity index is 603. The number of nitrogens with zero attached hydrogens (tertiary/aromatic N) is 1. The summed E-state index contributed by atoms with van der Waals surface area (Å²) in [4.78, 5) is 14.9.